The van der Waals surface area contributed by atoms with E-state index in [1.54, 1.807) is 18.1 Å². The van der Waals surface area contributed by atoms with Crippen LogP contribution in [0.5, 0.6) is 0 Å². The zero-order valence-electron chi connectivity index (χ0n) is 5.11. The van der Waals surface area contributed by atoms with E-state index in [4.69, 9.17) is 0 Å². The second-order valence-corrected chi connectivity index (χ2v) is 1.82. The van der Waals surface area contributed by atoms with Crippen molar-refractivity contribution >= 4 is 5.94 Å². The van der Waals surface area contributed by atoms with Gasteiger partial charge in [-0.25, -0.2) is 4.79 Å². The summed E-state index contributed by atoms with van der Waals surface area (Å²) in [7, 11) is 0. The van der Waals surface area contributed by atoms with Crippen molar-refractivity contribution in [3.63, 3.8) is 0 Å². The molecule has 0 heterocycles. The maximum atomic E-state index is 10.1. The minimum Gasteiger partial charge on any atom is -0.233 e. The fourth-order valence-corrected chi connectivity index (χ4v) is 0.699. The number of hydrogen-bond donors (Lipinski definition) is 0. The van der Waals surface area contributed by atoms with Gasteiger partial charge in [-0.2, -0.15) is 4.89 Å². The molecule has 0 saturated carbocycles. The second-order valence-electron chi connectivity index (χ2n) is 1.82. The summed E-state index contributed by atoms with van der Waals surface area (Å²) < 4.78 is 0. The van der Waals surface area contributed by atoms with Crippen LogP contribution in [0.25, 0.3) is 0 Å². The van der Waals surface area contributed by atoms with Crippen molar-refractivity contribution in [3.05, 3.63) is 29.9 Å². The van der Waals surface area contributed by atoms with E-state index < -0.39 is 6.10 Å². The van der Waals surface area contributed by atoms with Gasteiger partial charge in [-0.15, -0.1) is 0 Å². The van der Waals surface area contributed by atoms with E-state index in [-0.39, 0.29) is 5.57 Å². The minimum absolute atomic E-state index is 0.234. The fourth-order valence-electron chi connectivity index (χ4n) is 0.699. The highest BCUT2D eigenvalue weighted by Crippen LogP contribution is 2.10. The molecular formula is C7H5O3. The SMILES string of the molecule is [O]OC1C=CC=CC1=C=O. The van der Waals surface area contributed by atoms with Gasteiger partial charge in [-0.3, -0.25) is 0 Å². The van der Waals surface area contributed by atoms with Gasteiger partial charge in [0.05, 0.1) is 5.57 Å². The normalized spacial score (nSPS) is 22.9. The van der Waals surface area contributed by atoms with E-state index in [1.165, 1.54) is 12.2 Å². The van der Waals surface area contributed by atoms with Gasteiger partial charge in [0, 0.05) is 0 Å². The van der Waals surface area contributed by atoms with E-state index in [0.717, 1.165) is 0 Å². The first kappa shape index (κ1) is 6.96. The topological polar surface area (TPSA) is 46.2 Å². The van der Waals surface area contributed by atoms with Crippen LogP contribution in [0, 0.1) is 0 Å². The fraction of sp³-hybridized carbons (Fsp3) is 0.143. The molecule has 0 spiro atoms. The molecule has 3 heteroatoms. The molecule has 1 aliphatic rings. The van der Waals surface area contributed by atoms with Crippen molar-refractivity contribution in [2.75, 3.05) is 0 Å². The smallest absolute Gasteiger partial charge is 0.150 e. The summed E-state index contributed by atoms with van der Waals surface area (Å²) in [5.74, 6) is 1.61. The van der Waals surface area contributed by atoms with Crippen LogP contribution < -0.4 is 0 Å². The monoisotopic (exact) mass is 137 g/mol. The summed E-state index contributed by atoms with van der Waals surface area (Å²) in [6.07, 6.45) is 5.52. The Morgan fingerprint density at radius 2 is 2.30 bits per heavy atom. The molecule has 10 heavy (non-hydrogen) atoms. The quantitative estimate of drug-likeness (QED) is 0.302. The Hall–Kier alpha value is -1.15. The largest absolute Gasteiger partial charge is 0.233 e. The predicted molar refractivity (Wildman–Crippen MR) is 33.0 cm³/mol. The maximum Gasteiger partial charge on any atom is 0.150 e. The van der Waals surface area contributed by atoms with E-state index >= 15 is 0 Å². The van der Waals surface area contributed by atoms with Crippen LogP contribution in [0.15, 0.2) is 29.9 Å². The molecular weight excluding hydrogens is 132 g/mol. The van der Waals surface area contributed by atoms with Gasteiger partial charge in [0.1, 0.15) is 12.0 Å². The first-order valence-electron chi connectivity index (χ1n) is 2.77. The van der Waals surface area contributed by atoms with Gasteiger partial charge in [-0.05, 0) is 17.4 Å². The molecule has 0 amide bonds. The third kappa shape index (κ3) is 1.22. The lowest BCUT2D eigenvalue weighted by Crippen LogP contribution is -2.10. The molecule has 1 rings (SSSR count). The molecule has 0 aliphatic heterocycles. The highest BCUT2D eigenvalue weighted by molar-refractivity contribution is 5.61. The summed E-state index contributed by atoms with van der Waals surface area (Å²) in [4.78, 5) is 13.8. The maximum absolute atomic E-state index is 10.1. The van der Waals surface area contributed by atoms with Gasteiger partial charge in [-0.1, -0.05) is 12.2 Å². The number of rotatable bonds is 1. The van der Waals surface area contributed by atoms with Crippen LogP contribution >= 0.6 is 0 Å². The Morgan fingerprint density at radius 3 is 2.80 bits per heavy atom. The molecule has 1 unspecified atom stereocenters. The standard InChI is InChI=1S/C7H5O3/c8-5-6-3-1-2-4-7(6)10-9/h1-4,7H. The van der Waals surface area contributed by atoms with E-state index in [0.29, 0.717) is 0 Å². The van der Waals surface area contributed by atoms with Crippen molar-refractivity contribution in [3.8, 4) is 0 Å². The van der Waals surface area contributed by atoms with E-state index in [2.05, 4.69) is 4.89 Å². The molecule has 0 saturated heterocycles. The average molecular weight is 137 g/mol. The Labute approximate surface area is 57.9 Å². The molecule has 0 aromatic carbocycles. The molecule has 0 bridgehead atoms. The Kier molecular flexibility index (Phi) is 2.18. The van der Waals surface area contributed by atoms with Crippen molar-refractivity contribution in [2.45, 2.75) is 6.10 Å². The lowest BCUT2D eigenvalue weighted by Gasteiger charge is -2.06. The van der Waals surface area contributed by atoms with Gasteiger partial charge in [0.25, 0.3) is 0 Å². The van der Waals surface area contributed by atoms with Gasteiger partial charge in [0.2, 0.25) is 0 Å². The van der Waals surface area contributed by atoms with Crippen LogP contribution in [-0.2, 0) is 14.9 Å². The second kappa shape index (κ2) is 3.13. The van der Waals surface area contributed by atoms with Crippen molar-refractivity contribution in [1.29, 1.82) is 0 Å². The van der Waals surface area contributed by atoms with Crippen LogP contribution in [0.1, 0.15) is 0 Å². The predicted octanol–water partition coefficient (Wildman–Crippen LogP) is 0.601. The molecule has 0 fully saturated rings. The zero-order valence-corrected chi connectivity index (χ0v) is 5.11. The first-order valence-corrected chi connectivity index (χ1v) is 2.77. The average Bonchev–Trinajstić information content (AvgIpc) is 2.04. The molecule has 0 aromatic heterocycles. The lowest BCUT2D eigenvalue weighted by atomic mass is 10.1. The summed E-state index contributed by atoms with van der Waals surface area (Å²) in [5, 5.41) is 9.87. The van der Waals surface area contributed by atoms with Crippen LogP contribution in [0.2, 0.25) is 0 Å². The van der Waals surface area contributed by atoms with E-state index in [1.807, 2.05) is 0 Å². The van der Waals surface area contributed by atoms with E-state index in [9.17, 15) is 10.1 Å². The Bertz CT molecular complexity index is 221. The lowest BCUT2D eigenvalue weighted by molar-refractivity contribution is -0.315. The number of carbonyl (C=O) groups excluding carboxylic acids is 1. The molecule has 3 nitrogen and oxygen atoms in total. The van der Waals surface area contributed by atoms with Crippen LogP contribution in [-0.4, -0.2) is 12.0 Å². The molecule has 0 N–H and O–H groups in total. The molecule has 0 aromatic rings. The summed E-state index contributed by atoms with van der Waals surface area (Å²) in [5.41, 5.74) is 0.234. The summed E-state index contributed by atoms with van der Waals surface area (Å²) in [6.45, 7) is 0. The molecule has 1 atom stereocenters. The molecule has 51 valence electrons. The summed E-state index contributed by atoms with van der Waals surface area (Å²) in [6, 6.07) is 0. The highest BCUT2D eigenvalue weighted by Gasteiger charge is 2.12. The highest BCUT2D eigenvalue weighted by atomic mass is 17.1. The summed E-state index contributed by atoms with van der Waals surface area (Å²) >= 11 is 0. The van der Waals surface area contributed by atoms with Crippen molar-refractivity contribution in [1.82, 2.24) is 0 Å². The minimum atomic E-state index is -0.762. The first-order chi connectivity index (χ1) is 4.88. The Morgan fingerprint density at radius 1 is 1.50 bits per heavy atom. The molecule has 1 radical (unpaired) electrons. The van der Waals surface area contributed by atoms with Gasteiger partial charge in [0.15, 0.2) is 0 Å². The van der Waals surface area contributed by atoms with Crippen molar-refractivity contribution in [2.24, 2.45) is 0 Å². The third-order valence-electron chi connectivity index (χ3n) is 1.20. The zero-order chi connectivity index (χ0) is 7.40. The van der Waals surface area contributed by atoms with Crippen LogP contribution in [0.3, 0.4) is 0 Å². The van der Waals surface area contributed by atoms with Gasteiger partial charge >= 0.3 is 0 Å². The number of allylic oxidation sites excluding steroid dienone is 2. The molecule has 1 aliphatic carbocycles. The van der Waals surface area contributed by atoms with Crippen molar-refractivity contribution < 1.29 is 14.9 Å². The number of hydrogen-bond acceptors (Lipinski definition) is 2. The third-order valence-corrected chi connectivity index (χ3v) is 1.20. The van der Waals surface area contributed by atoms with Gasteiger partial charge < -0.3 is 0 Å². The Balaban J connectivity index is 2.84. The van der Waals surface area contributed by atoms with Crippen LogP contribution in [0.4, 0.5) is 0 Å².